The highest BCUT2D eigenvalue weighted by Gasteiger charge is 2.41. The first-order valence-electron chi connectivity index (χ1n) is 13.7. The lowest BCUT2D eigenvalue weighted by molar-refractivity contribution is -0.138. The van der Waals surface area contributed by atoms with Crippen LogP contribution in [0.2, 0.25) is 5.02 Å². The van der Waals surface area contributed by atoms with Gasteiger partial charge in [0, 0.05) is 75.0 Å². The number of carbonyl (C=O) groups excluding carboxylic acids is 1. The Balaban J connectivity index is 1.49. The van der Waals surface area contributed by atoms with Crippen LogP contribution in [0.15, 0.2) is 42.5 Å². The lowest BCUT2D eigenvalue weighted by Gasteiger charge is -2.39. The van der Waals surface area contributed by atoms with Crippen LogP contribution in [0.25, 0.3) is 0 Å². The molecule has 3 atom stereocenters. The van der Waals surface area contributed by atoms with Crippen molar-refractivity contribution < 1.29 is 18.0 Å². The molecule has 0 bridgehead atoms. The zero-order valence-electron chi connectivity index (χ0n) is 22.6. The van der Waals surface area contributed by atoms with Crippen molar-refractivity contribution in [3.63, 3.8) is 0 Å². The average molecular weight is 566 g/mol. The Morgan fingerprint density at radius 2 is 1.72 bits per heavy atom. The largest absolute Gasteiger partial charge is 0.416 e. The predicted molar refractivity (Wildman–Crippen MR) is 150 cm³/mol. The standard InChI is InChI=1S/C29H39ClF3N5O/c1-19(2)15-26(35)23-16-21(29(31,32)33)5-8-27(23)37-11-13-38(14-12-37)28(39)25-18-36(10-9-34)17-24(25)20-3-6-22(30)7-4-20/h3-8,16,19,24-26H,9-15,17-18,34-35H2,1-2H3/t24-,25+,26-/m0/s1. The SMILES string of the molecule is CC(C)C[C@H](N)c1cc(C(F)(F)F)ccc1N1CCN(C(=O)[C@@H]2CN(CCN)C[C@H]2c2ccc(Cl)cc2)CC1. The molecular weight excluding hydrogens is 527 g/mol. The van der Waals surface area contributed by atoms with E-state index in [-0.39, 0.29) is 23.7 Å². The van der Waals surface area contributed by atoms with E-state index >= 15 is 0 Å². The molecule has 0 aliphatic carbocycles. The summed E-state index contributed by atoms with van der Waals surface area (Å²) in [6.07, 6.45) is -3.85. The maximum absolute atomic E-state index is 13.8. The van der Waals surface area contributed by atoms with Crippen molar-refractivity contribution in [3.05, 3.63) is 64.2 Å². The molecular formula is C29H39ClF3N5O. The lowest BCUT2D eigenvalue weighted by Crippen LogP contribution is -2.51. The van der Waals surface area contributed by atoms with Crippen LogP contribution >= 0.6 is 11.6 Å². The molecule has 2 aliphatic heterocycles. The molecule has 2 saturated heterocycles. The highest BCUT2D eigenvalue weighted by molar-refractivity contribution is 6.30. The van der Waals surface area contributed by atoms with Crippen LogP contribution in [0.3, 0.4) is 0 Å². The van der Waals surface area contributed by atoms with Gasteiger partial charge in [-0.3, -0.25) is 4.79 Å². The summed E-state index contributed by atoms with van der Waals surface area (Å²) in [7, 11) is 0. The van der Waals surface area contributed by atoms with E-state index in [1.807, 2.05) is 43.0 Å². The van der Waals surface area contributed by atoms with Gasteiger partial charge in [0.2, 0.25) is 5.91 Å². The fourth-order valence-electron chi connectivity index (χ4n) is 5.90. The highest BCUT2D eigenvalue weighted by atomic mass is 35.5. The van der Waals surface area contributed by atoms with E-state index in [1.165, 1.54) is 12.1 Å². The summed E-state index contributed by atoms with van der Waals surface area (Å²) in [6.45, 7) is 8.75. The van der Waals surface area contributed by atoms with Crippen molar-refractivity contribution in [1.82, 2.24) is 9.80 Å². The van der Waals surface area contributed by atoms with Gasteiger partial charge in [0.15, 0.2) is 0 Å². The van der Waals surface area contributed by atoms with Gasteiger partial charge in [-0.15, -0.1) is 0 Å². The van der Waals surface area contributed by atoms with Gasteiger partial charge in [-0.25, -0.2) is 0 Å². The van der Waals surface area contributed by atoms with Crippen molar-refractivity contribution in [1.29, 1.82) is 0 Å². The fraction of sp³-hybridized carbons (Fsp3) is 0.552. The van der Waals surface area contributed by atoms with Crippen molar-refractivity contribution in [2.75, 3.05) is 57.3 Å². The van der Waals surface area contributed by atoms with Gasteiger partial charge >= 0.3 is 6.18 Å². The van der Waals surface area contributed by atoms with E-state index < -0.39 is 17.8 Å². The number of carbonyl (C=O) groups is 1. The van der Waals surface area contributed by atoms with Gasteiger partial charge in [-0.1, -0.05) is 37.6 Å². The summed E-state index contributed by atoms with van der Waals surface area (Å²) in [5, 5.41) is 0.658. The van der Waals surface area contributed by atoms with Gasteiger partial charge in [0.25, 0.3) is 0 Å². The Kier molecular flexibility index (Phi) is 9.47. The molecule has 1 amide bonds. The maximum Gasteiger partial charge on any atom is 0.416 e. The quantitative estimate of drug-likeness (QED) is 0.484. The summed E-state index contributed by atoms with van der Waals surface area (Å²) in [4.78, 5) is 20.0. The zero-order valence-corrected chi connectivity index (χ0v) is 23.4. The maximum atomic E-state index is 13.8. The minimum atomic E-state index is -4.43. The highest BCUT2D eigenvalue weighted by Crippen LogP contribution is 2.38. The molecule has 2 aliphatic rings. The Morgan fingerprint density at radius 1 is 1.05 bits per heavy atom. The smallest absolute Gasteiger partial charge is 0.368 e. The second kappa shape index (κ2) is 12.5. The Labute approximate surface area is 234 Å². The molecule has 0 radical (unpaired) electrons. The number of amides is 1. The molecule has 2 heterocycles. The van der Waals surface area contributed by atoms with E-state index in [0.717, 1.165) is 30.4 Å². The van der Waals surface area contributed by atoms with Crippen LogP contribution < -0.4 is 16.4 Å². The molecule has 4 N–H and O–H groups in total. The number of likely N-dealkylation sites (tertiary alicyclic amines) is 1. The van der Waals surface area contributed by atoms with Crippen LogP contribution in [-0.2, 0) is 11.0 Å². The number of halogens is 4. The second-order valence-corrected chi connectivity index (χ2v) is 11.6. The third-order valence-corrected chi connectivity index (χ3v) is 8.12. The Morgan fingerprint density at radius 3 is 2.31 bits per heavy atom. The minimum absolute atomic E-state index is 0.0508. The zero-order chi connectivity index (χ0) is 28.3. The number of hydrogen-bond acceptors (Lipinski definition) is 5. The van der Waals surface area contributed by atoms with E-state index in [0.29, 0.717) is 56.3 Å². The third kappa shape index (κ3) is 7.06. The normalized spacial score (nSPS) is 21.6. The van der Waals surface area contributed by atoms with Crippen molar-refractivity contribution in [2.45, 2.75) is 38.4 Å². The first kappa shape index (κ1) is 29.6. The van der Waals surface area contributed by atoms with Crippen LogP contribution in [0.5, 0.6) is 0 Å². The van der Waals surface area contributed by atoms with E-state index in [9.17, 15) is 18.0 Å². The molecule has 2 fully saturated rings. The molecule has 2 aromatic rings. The summed E-state index contributed by atoms with van der Waals surface area (Å²) in [6, 6.07) is 11.0. The summed E-state index contributed by atoms with van der Waals surface area (Å²) >= 11 is 6.10. The molecule has 0 unspecified atom stereocenters. The summed E-state index contributed by atoms with van der Waals surface area (Å²) in [5.41, 5.74) is 13.8. The third-order valence-electron chi connectivity index (χ3n) is 7.87. The van der Waals surface area contributed by atoms with Gasteiger partial charge in [-0.2, -0.15) is 13.2 Å². The number of anilines is 1. The molecule has 39 heavy (non-hydrogen) atoms. The first-order chi connectivity index (χ1) is 18.5. The summed E-state index contributed by atoms with van der Waals surface area (Å²) < 4.78 is 40.5. The molecule has 6 nitrogen and oxygen atoms in total. The Hall–Kier alpha value is -2.33. The number of rotatable bonds is 8. The molecule has 4 rings (SSSR count). The van der Waals surface area contributed by atoms with Crippen LogP contribution in [0, 0.1) is 11.8 Å². The molecule has 214 valence electrons. The fourth-order valence-corrected chi connectivity index (χ4v) is 6.03. The molecule has 0 aromatic heterocycles. The van der Waals surface area contributed by atoms with Crippen LogP contribution in [0.1, 0.15) is 48.9 Å². The molecule has 2 aromatic carbocycles. The van der Waals surface area contributed by atoms with Gasteiger partial charge in [0.1, 0.15) is 0 Å². The number of alkyl halides is 3. The number of benzene rings is 2. The number of hydrogen-bond donors (Lipinski definition) is 2. The van der Waals surface area contributed by atoms with Gasteiger partial charge in [0.05, 0.1) is 11.5 Å². The van der Waals surface area contributed by atoms with E-state index in [1.54, 1.807) is 0 Å². The predicted octanol–water partition coefficient (Wildman–Crippen LogP) is 4.73. The average Bonchev–Trinajstić information content (AvgIpc) is 3.31. The molecule has 0 saturated carbocycles. The lowest BCUT2D eigenvalue weighted by atomic mass is 9.88. The van der Waals surface area contributed by atoms with Gasteiger partial charge < -0.3 is 26.2 Å². The summed E-state index contributed by atoms with van der Waals surface area (Å²) in [5.74, 6) is 0.217. The monoisotopic (exact) mass is 565 g/mol. The topological polar surface area (TPSA) is 78.8 Å². The first-order valence-corrected chi connectivity index (χ1v) is 14.0. The van der Waals surface area contributed by atoms with Crippen molar-refractivity contribution in [2.24, 2.45) is 23.3 Å². The number of nitrogens with zero attached hydrogens (tertiary/aromatic N) is 3. The van der Waals surface area contributed by atoms with Crippen molar-refractivity contribution in [3.8, 4) is 0 Å². The second-order valence-electron chi connectivity index (χ2n) is 11.1. The van der Waals surface area contributed by atoms with Gasteiger partial charge in [-0.05, 0) is 53.8 Å². The van der Waals surface area contributed by atoms with E-state index in [2.05, 4.69) is 9.80 Å². The van der Waals surface area contributed by atoms with Crippen molar-refractivity contribution >= 4 is 23.2 Å². The van der Waals surface area contributed by atoms with E-state index in [4.69, 9.17) is 23.1 Å². The number of piperazine rings is 1. The minimum Gasteiger partial charge on any atom is -0.368 e. The van der Waals surface area contributed by atoms with Crippen LogP contribution in [0.4, 0.5) is 18.9 Å². The Bertz CT molecular complexity index is 1120. The van der Waals surface area contributed by atoms with Crippen LogP contribution in [-0.4, -0.2) is 68.1 Å². The molecule has 0 spiro atoms. The number of nitrogens with two attached hydrogens (primary N) is 2. The molecule has 10 heteroatoms.